The molecule has 0 spiro atoms. The topological polar surface area (TPSA) is 45.2 Å². The SMILES string of the molecule is Cc1ncsc1C(=O)N(C)C1CNC1. The van der Waals surface area contributed by atoms with Crippen molar-refractivity contribution < 1.29 is 4.79 Å². The van der Waals surface area contributed by atoms with Gasteiger partial charge in [0, 0.05) is 20.1 Å². The van der Waals surface area contributed by atoms with E-state index in [-0.39, 0.29) is 5.91 Å². The van der Waals surface area contributed by atoms with Gasteiger partial charge in [-0.15, -0.1) is 11.3 Å². The predicted molar refractivity (Wildman–Crippen MR) is 55.6 cm³/mol. The molecule has 1 fully saturated rings. The molecule has 1 aliphatic heterocycles. The summed E-state index contributed by atoms with van der Waals surface area (Å²) in [6, 6.07) is 0.351. The summed E-state index contributed by atoms with van der Waals surface area (Å²) < 4.78 is 0. The minimum Gasteiger partial charge on any atom is -0.335 e. The van der Waals surface area contributed by atoms with Crippen LogP contribution in [0.15, 0.2) is 5.51 Å². The molecule has 1 amide bonds. The van der Waals surface area contributed by atoms with E-state index in [0.29, 0.717) is 6.04 Å². The molecule has 0 unspecified atom stereocenters. The molecule has 0 bridgehead atoms. The average molecular weight is 211 g/mol. The number of thiazole rings is 1. The third kappa shape index (κ3) is 1.53. The smallest absolute Gasteiger partial charge is 0.265 e. The fourth-order valence-electron chi connectivity index (χ4n) is 1.38. The number of hydrogen-bond donors (Lipinski definition) is 1. The molecule has 0 aromatic carbocycles. The van der Waals surface area contributed by atoms with Crippen LogP contribution in [0.3, 0.4) is 0 Å². The van der Waals surface area contributed by atoms with E-state index in [0.717, 1.165) is 23.7 Å². The Morgan fingerprint density at radius 3 is 2.86 bits per heavy atom. The Labute approximate surface area is 86.9 Å². The van der Waals surface area contributed by atoms with Crippen molar-refractivity contribution in [1.29, 1.82) is 0 Å². The van der Waals surface area contributed by atoms with Crippen molar-refractivity contribution in [3.05, 3.63) is 16.1 Å². The van der Waals surface area contributed by atoms with Crippen molar-refractivity contribution in [2.45, 2.75) is 13.0 Å². The summed E-state index contributed by atoms with van der Waals surface area (Å²) in [5.41, 5.74) is 2.55. The van der Waals surface area contributed by atoms with E-state index in [4.69, 9.17) is 0 Å². The lowest BCUT2D eigenvalue weighted by Crippen LogP contribution is -2.57. The molecule has 5 heteroatoms. The quantitative estimate of drug-likeness (QED) is 0.774. The number of carbonyl (C=O) groups excluding carboxylic acids is 1. The summed E-state index contributed by atoms with van der Waals surface area (Å²) in [7, 11) is 1.85. The highest BCUT2D eigenvalue weighted by atomic mass is 32.1. The number of rotatable bonds is 2. The fraction of sp³-hybridized carbons (Fsp3) is 0.556. The number of aromatic nitrogens is 1. The van der Waals surface area contributed by atoms with E-state index in [1.807, 2.05) is 14.0 Å². The van der Waals surface area contributed by atoms with E-state index in [2.05, 4.69) is 10.3 Å². The fourth-order valence-corrected chi connectivity index (χ4v) is 2.16. The van der Waals surface area contributed by atoms with Gasteiger partial charge in [-0.3, -0.25) is 4.79 Å². The van der Waals surface area contributed by atoms with Gasteiger partial charge in [-0.2, -0.15) is 0 Å². The lowest BCUT2D eigenvalue weighted by molar-refractivity contribution is 0.0685. The van der Waals surface area contributed by atoms with Gasteiger partial charge in [0.05, 0.1) is 17.2 Å². The van der Waals surface area contributed by atoms with Crippen molar-refractivity contribution in [3.8, 4) is 0 Å². The Hall–Kier alpha value is -0.940. The monoisotopic (exact) mass is 211 g/mol. The van der Waals surface area contributed by atoms with Crippen LogP contribution in [0.2, 0.25) is 0 Å². The van der Waals surface area contributed by atoms with Crippen LogP contribution < -0.4 is 5.32 Å². The zero-order valence-electron chi connectivity index (χ0n) is 8.28. The molecule has 2 heterocycles. The van der Waals surface area contributed by atoms with Crippen LogP contribution in [0, 0.1) is 6.92 Å². The van der Waals surface area contributed by atoms with Crippen LogP contribution >= 0.6 is 11.3 Å². The first kappa shape index (κ1) is 9.61. The molecule has 0 aliphatic carbocycles. The van der Waals surface area contributed by atoms with Crippen LogP contribution in [-0.2, 0) is 0 Å². The van der Waals surface area contributed by atoms with Gasteiger partial charge in [0.2, 0.25) is 0 Å². The van der Waals surface area contributed by atoms with Gasteiger partial charge in [-0.05, 0) is 6.92 Å². The second-order valence-electron chi connectivity index (χ2n) is 3.50. The summed E-state index contributed by atoms with van der Waals surface area (Å²) in [5, 5.41) is 3.15. The highest BCUT2D eigenvalue weighted by molar-refractivity contribution is 7.11. The largest absolute Gasteiger partial charge is 0.335 e. The van der Waals surface area contributed by atoms with Crippen LogP contribution in [0.1, 0.15) is 15.4 Å². The molecule has 2 rings (SSSR count). The molecule has 1 aromatic rings. The number of nitrogens with zero attached hydrogens (tertiary/aromatic N) is 2. The summed E-state index contributed by atoms with van der Waals surface area (Å²) in [4.78, 5) is 18.6. The first-order valence-corrected chi connectivity index (χ1v) is 5.46. The lowest BCUT2D eigenvalue weighted by atomic mass is 10.1. The van der Waals surface area contributed by atoms with E-state index in [9.17, 15) is 4.79 Å². The van der Waals surface area contributed by atoms with Crippen molar-refractivity contribution in [1.82, 2.24) is 15.2 Å². The maximum absolute atomic E-state index is 11.9. The summed E-state index contributed by atoms with van der Waals surface area (Å²) in [6.45, 7) is 3.68. The van der Waals surface area contributed by atoms with Crippen LogP contribution in [0.5, 0.6) is 0 Å². The Bertz CT molecular complexity index is 346. The summed E-state index contributed by atoms with van der Waals surface area (Å²) in [5.74, 6) is 0.0940. The highest BCUT2D eigenvalue weighted by Crippen LogP contribution is 2.16. The number of amides is 1. The number of aryl methyl sites for hydroxylation is 1. The second-order valence-corrected chi connectivity index (χ2v) is 4.35. The average Bonchev–Trinajstić information content (AvgIpc) is 2.47. The third-order valence-corrected chi connectivity index (χ3v) is 3.48. The highest BCUT2D eigenvalue weighted by Gasteiger charge is 2.27. The van der Waals surface area contributed by atoms with E-state index in [1.165, 1.54) is 11.3 Å². The van der Waals surface area contributed by atoms with Gasteiger partial charge in [0.1, 0.15) is 4.88 Å². The molecule has 0 atom stereocenters. The summed E-state index contributed by atoms with van der Waals surface area (Å²) in [6.07, 6.45) is 0. The van der Waals surface area contributed by atoms with Gasteiger partial charge >= 0.3 is 0 Å². The van der Waals surface area contributed by atoms with E-state index >= 15 is 0 Å². The van der Waals surface area contributed by atoms with Crippen LogP contribution in [-0.4, -0.2) is 42.0 Å². The van der Waals surface area contributed by atoms with Crippen molar-refractivity contribution >= 4 is 17.2 Å². The molecular weight excluding hydrogens is 198 g/mol. The van der Waals surface area contributed by atoms with Crippen molar-refractivity contribution in [2.24, 2.45) is 0 Å². The van der Waals surface area contributed by atoms with Crippen molar-refractivity contribution in [2.75, 3.05) is 20.1 Å². The Morgan fingerprint density at radius 2 is 2.43 bits per heavy atom. The number of nitrogens with one attached hydrogen (secondary N) is 1. The van der Waals surface area contributed by atoms with E-state index < -0.39 is 0 Å². The van der Waals surface area contributed by atoms with Gasteiger partial charge in [0.15, 0.2) is 0 Å². The second kappa shape index (κ2) is 3.67. The van der Waals surface area contributed by atoms with Gasteiger partial charge in [-0.1, -0.05) is 0 Å². The number of carbonyl (C=O) groups is 1. The predicted octanol–water partition coefficient (Wildman–Crippen LogP) is 0.495. The zero-order chi connectivity index (χ0) is 10.1. The van der Waals surface area contributed by atoms with Crippen LogP contribution in [0.4, 0.5) is 0 Å². The molecule has 0 radical (unpaired) electrons. The molecule has 1 aliphatic rings. The standard InChI is InChI=1S/C9H13N3OS/c1-6-8(14-5-11-6)9(13)12(2)7-3-10-4-7/h5,7,10H,3-4H2,1-2H3. The molecule has 76 valence electrons. The number of hydrogen-bond acceptors (Lipinski definition) is 4. The normalized spacial score (nSPS) is 16.4. The molecule has 1 aromatic heterocycles. The third-order valence-electron chi connectivity index (χ3n) is 2.57. The first-order valence-electron chi connectivity index (χ1n) is 4.58. The summed E-state index contributed by atoms with van der Waals surface area (Å²) >= 11 is 1.42. The number of likely N-dealkylation sites (N-methyl/N-ethyl adjacent to an activating group) is 1. The van der Waals surface area contributed by atoms with Gasteiger partial charge < -0.3 is 10.2 Å². The Morgan fingerprint density at radius 1 is 1.71 bits per heavy atom. The molecule has 1 N–H and O–H groups in total. The first-order chi connectivity index (χ1) is 6.70. The molecule has 4 nitrogen and oxygen atoms in total. The van der Waals surface area contributed by atoms with E-state index in [1.54, 1.807) is 10.4 Å². The van der Waals surface area contributed by atoms with Crippen molar-refractivity contribution in [3.63, 3.8) is 0 Å². The minimum atomic E-state index is 0.0940. The molecule has 0 saturated carbocycles. The van der Waals surface area contributed by atoms with Crippen LogP contribution in [0.25, 0.3) is 0 Å². The van der Waals surface area contributed by atoms with Gasteiger partial charge in [-0.25, -0.2) is 4.98 Å². The van der Waals surface area contributed by atoms with Gasteiger partial charge in [0.25, 0.3) is 5.91 Å². The molecular formula is C9H13N3OS. The molecule has 14 heavy (non-hydrogen) atoms. The Kier molecular flexibility index (Phi) is 2.52. The maximum Gasteiger partial charge on any atom is 0.265 e. The minimum absolute atomic E-state index is 0.0940. The molecule has 1 saturated heterocycles. The lowest BCUT2D eigenvalue weighted by Gasteiger charge is -2.35. The maximum atomic E-state index is 11.9. The Balaban J connectivity index is 2.11. The zero-order valence-corrected chi connectivity index (χ0v) is 9.10.